The van der Waals surface area contributed by atoms with Gasteiger partial charge in [0, 0.05) is 16.5 Å². The van der Waals surface area contributed by atoms with Gasteiger partial charge in [-0.05, 0) is 52.0 Å². The van der Waals surface area contributed by atoms with Crippen LogP contribution in [-0.4, -0.2) is 56.8 Å². The lowest BCUT2D eigenvalue weighted by atomic mass is 9.88. The van der Waals surface area contributed by atoms with Gasteiger partial charge in [-0.25, -0.2) is 8.42 Å². The number of rotatable bonds is 8. The van der Waals surface area contributed by atoms with Crippen LogP contribution in [0.1, 0.15) is 19.8 Å². The monoisotopic (exact) mass is 401 g/mol. The number of nitrogens with one attached hydrogen (secondary N) is 1. The van der Waals surface area contributed by atoms with E-state index in [1.165, 1.54) is 12.1 Å². The summed E-state index contributed by atoms with van der Waals surface area (Å²) in [6.45, 7) is 2.99. The Bertz CT molecular complexity index is 719. The maximum Gasteiger partial charge on any atom is 0.325 e. The van der Waals surface area contributed by atoms with Gasteiger partial charge < -0.3 is 9.64 Å². The van der Waals surface area contributed by atoms with Gasteiger partial charge in [-0.1, -0.05) is 18.2 Å². The van der Waals surface area contributed by atoms with E-state index in [-0.39, 0.29) is 11.5 Å². The molecular formula is C16H23N3O5S2. The number of nitroso groups, excluding NO2 is 1. The molecule has 0 aromatic heterocycles. The van der Waals surface area contributed by atoms with Crippen LogP contribution in [0.3, 0.4) is 0 Å². The number of carbonyl (C=O) groups excluding carboxylic acids is 1. The average molecular weight is 402 g/mol. The fourth-order valence-electron chi connectivity index (χ4n) is 2.92. The van der Waals surface area contributed by atoms with E-state index in [9.17, 15) is 18.1 Å². The summed E-state index contributed by atoms with van der Waals surface area (Å²) in [6, 6.07) is 6.58. The molecule has 0 aliphatic carbocycles. The molecule has 0 amide bonds. The molecule has 1 aromatic carbocycles. The van der Waals surface area contributed by atoms with Crippen molar-refractivity contribution in [1.29, 1.82) is 0 Å². The van der Waals surface area contributed by atoms with Crippen molar-refractivity contribution in [3.8, 4) is 0 Å². The fraction of sp³-hybridized carbons (Fsp3) is 0.562. The minimum atomic E-state index is -3.96. The Labute approximate surface area is 157 Å². The highest BCUT2D eigenvalue weighted by atomic mass is 32.2. The van der Waals surface area contributed by atoms with Gasteiger partial charge in [-0.15, -0.1) is 4.91 Å². The zero-order chi connectivity index (χ0) is 19.2. The molecule has 1 aliphatic heterocycles. The van der Waals surface area contributed by atoms with Crippen LogP contribution in [0, 0.1) is 4.91 Å². The lowest BCUT2D eigenvalue weighted by Crippen LogP contribution is -2.59. The number of hydrogen-bond acceptors (Lipinski definition) is 8. The zero-order valence-electron chi connectivity index (χ0n) is 14.8. The zero-order valence-corrected chi connectivity index (χ0v) is 16.4. The van der Waals surface area contributed by atoms with Crippen molar-refractivity contribution in [1.82, 2.24) is 9.62 Å². The maximum atomic E-state index is 12.8. The number of ether oxygens (including phenoxy) is 1. The summed E-state index contributed by atoms with van der Waals surface area (Å²) in [5, 5.41) is 0. The molecule has 26 heavy (non-hydrogen) atoms. The van der Waals surface area contributed by atoms with Gasteiger partial charge in [0.1, 0.15) is 6.04 Å². The van der Waals surface area contributed by atoms with E-state index in [0.717, 1.165) is 0 Å². The first-order valence-electron chi connectivity index (χ1n) is 8.28. The summed E-state index contributed by atoms with van der Waals surface area (Å²) in [6.07, 6.45) is 0.862. The molecule has 1 fully saturated rings. The third kappa shape index (κ3) is 4.81. The number of esters is 1. The summed E-state index contributed by atoms with van der Waals surface area (Å²) in [5.74, 6) is -0.701. The van der Waals surface area contributed by atoms with Crippen LogP contribution in [0.4, 0.5) is 0 Å². The fourth-order valence-corrected chi connectivity index (χ4v) is 5.06. The number of nitrogens with zero attached hydrogens (tertiary/aromatic N) is 2. The SMILES string of the molecule is CCOC(=O)C(NS(=O)(=O)c1ccccc1)C1(SN=O)CCN(C)CC1. The van der Waals surface area contributed by atoms with Crippen LogP contribution in [0.15, 0.2) is 39.8 Å². The summed E-state index contributed by atoms with van der Waals surface area (Å²) in [4.78, 5) is 25.7. The number of sulfonamides is 1. The van der Waals surface area contributed by atoms with Gasteiger partial charge in [0.15, 0.2) is 0 Å². The van der Waals surface area contributed by atoms with Crippen molar-refractivity contribution < 1.29 is 17.9 Å². The second-order valence-corrected chi connectivity index (χ2v) is 9.01. The summed E-state index contributed by atoms with van der Waals surface area (Å²) < 4.78 is 35.0. The van der Waals surface area contributed by atoms with Crippen molar-refractivity contribution in [3.05, 3.63) is 35.2 Å². The molecule has 0 radical (unpaired) electrons. The van der Waals surface area contributed by atoms with Gasteiger partial charge in [0.25, 0.3) is 0 Å². The molecule has 8 nitrogen and oxygen atoms in total. The topological polar surface area (TPSA) is 105 Å². The molecule has 1 atom stereocenters. The highest BCUT2D eigenvalue weighted by Crippen LogP contribution is 2.40. The molecule has 2 rings (SSSR count). The summed E-state index contributed by atoms with van der Waals surface area (Å²) in [5.41, 5.74) is 0. The average Bonchev–Trinajstić information content (AvgIpc) is 2.63. The van der Waals surface area contributed by atoms with Crippen LogP contribution < -0.4 is 4.72 Å². The quantitative estimate of drug-likeness (QED) is 0.402. The van der Waals surface area contributed by atoms with Crippen LogP contribution in [0.25, 0.3) is 0 Å². The first kappa shape index (κ1) is 20.8. The smallest absolute Gasteiger partial charge is 0.325 e. The van der Waals surface area contributed by atoms with Gasteiger partial charge in [-0.2, -0.15) is 4.72 Å². The number of likely N-dealkylation sites (tertiary alicyclic amines) is 1. The lowest BCUT2D eigenvalue weighted by Gasteiger charge is -2.41. The normalized spacial score (nSPS) is 18.8. The highest BCUT2D eigenvalue weighted by Gasteiger charge is 2.49. The molecule has 0 spiro atoms. The summed E-state index contributed by atoms with van der Waals surface area (Å²) in [7, 11) is -2.04. The van der Waals surface area contributed by atoms with Gasteiger partial charge >= 0.3 is 5.97 Å². The Balaban J connectivity index is 2.39. The second kappa shape index (κ2) is 8.94. The minimum Gasteiger partial charge on any atom is -0.465 e. The van der Waals surface area contributed by atoms with E-state index in [1.54, 1.807) is 25.1 Å². The Hall–Kier alpha value is -1.49. The number of piperidine rings is 1. The molecule has 1 unspecified atom stereocenters. The molecule has 1 aliphatic rings. The van der Waals surface area contributed by atoms with Crippen LogP contribution in [0.5, 0.6) is 0 Å². The van der Waals surface area contributed by atoms with E-state index in [4.69, 9.17) is 4.74 Å². The Kier molecular flexibility index (Phi) is 7.16. The second-order valence-electron chi connectivity index (χ2n) is 6.15. The Morgan fingerprint density at radius 1 is 1.35 bits per heavy atom. The van der Waals surface area contributed by atoms with E-state index in [2.05, 4.69) is 14.2 Å². The predicted molar refractivity (Wildman–Crippen MR) is 100 cm³/mol. The van der Waals surface area contributed by atoms with E-state index >= 15 is 0 Å². The number of carbonyl (C=O) groups is 1. The number of hydrogen-bond donors (Lipinski definition) is 1. The largest absolute Gasteiger partial charge is 0.465 e. The minimum absolute atomic E-state index is 0.0430. The van der Waals surface area contributed by atoms with Crippen LogP contribution in [-0.2, 0) is 19.6 Å². The van der Waals surface area contributed by atoms with Crippen molar-refractivity contribution in [2.45, 2.75) is 35.4 Å². The molecule has 10 heteroatoms. The van der Waals surface area contributed by atoms with Crippen LogP contribution in [0.2, 0.25) is 0 Å². The third-order valence-electron chi connectivity index (χ3n) is 4.43. The maximum absolute atomic E-state index is 12.8. The lowest BCUT2D eigenvalue weighted by molar-refractivity contribution is -0.146. The van der Waals surface area contributed by atoms with Gasteiger partial charge in [-0.3, -0.25) is 4.79 Å². The molecule has 0 bridgehead atoms. The highest BCUT2D eigenvalue weighted by molar-refractivity contribution is 7.99. The first-order chi connectivity index (χ1) is 12.3. The van der Waals surface area contributed by atoms with Gasteiger partial charge in [0.2, 0.25) is 10.0 Å². The van der Waals surface area contributed by atoms with E-state index < -0.39 is 26.8 Å². The van der Waals surface area contributed by atoms with Crippen molar-refractivity contribution in [2.75, 3.05) is 26.7 Å². The van der Waals surface area contributed by atoms with Gasteiger partial charge in [0.05, 0.1) is 16.2 Å². The Morgan fingerprint density at radius 2 is 1.96 bits per heavy atom. The van der Waals surface area contributed by atoms with Crippen molar-refractivity contribution in [2.24, 2.45) is 4.58 Å². The van der Waals surface area contributed by atoms with E-state index in [1.807, 2.05) is 7.05 Å². The van der Waals surface area contributed by atoms with E-state index in [0.29, 0.717) is 37.9 Å². The molecule has 0 saturated carbocycles. The van der Waals surface area contributed by atoms with Crippen molar-refractivity contribution >= 4 is 27.9 Å². The molecule has 1 saturated heterocycles. The molecule has 1 heterocycles. The molecular weight excluding hydrogens is 378 g/mol. The standard InChI is InChI=1S/C16H23N3O5S2/c1-3-24-15(20)14(16(25-18-21)9-11-19(2)12-10-16)17-26(22,23)13-7-5-4-6-8-13/h4-8,14,17H,3,9-12H2,1-2H3. The molecule has 1 N–H and O–H groups in total. The first-order valence-corrected chi connectivity index (χ1v) is 10.5. The van der Waals surface area contributed by atoms with Crippen LogP contribution >= 0.6 is 11.9 Å². The molecule has 1 aromatic rings. The van der Waals surface area contributed by atoms with Crippen molar-refractivity contribution in [3.63, 3.8) is 0 Å². The predicted octanol–water partition coefficient (Wildman–Crippen LogP) is 1.78. The number of benzene rings is 1. The summed E-state index contributed by atoms with van der Waals surface area (Å²) >= 11 is 0.715. The Morgan fingerprint density at radius 3 is 2.50 bits per heavy atom. The molecule has 144 valence electrons. The third-order valence-corrected chi connectivity index (χ3v) is 6.95.